The van der Waals surface area contributed by atoms with E-state index in [0.717, 1.165) is 9.54 Å². The van der Waals surface area contributed by atoms with E-state index in [1.807, 2.05) is 6.07 Å². The Bertz CT molecular complexity index is 423. The number of ether oxygens (including phenoxy) is 1. The normalized spacial score (nSPS) is 10.8. The van der Waals surface area contributed by atoms with Gasteiger partial charge in [0.25, 0.3) is 0 Å². The molecule has 0 aliphatic rings. The van der Waals surface area contributed by atoms with Crippen molar-refractivity contribution in [1.82, 2.24) is 0 Å². The molecule has 2 aromatic rings. The largest absolute Gasteiger partial charge is 0.495 e. The van der Waals surface area contributed by atoms with E-state index < -0.39 is 0 Å². The van der Waals surface area contributed by atoms with Crippen LogP contribution in [0.5, 0.6) is 5.75 Å². The Morgan fingerprint density at radius 2 is 2.21 bits per heavy atom. The Morgan fingerprint density at radius 1 is 1.43 bits per heavy atom. The molecule has 0 aliphatic heterocycles. The van der Waals surface area contributed by atoms with Crippen LogP contribution < -0.4 is 4.74 Å². The first kappa shape index (κ1) is 10.3. The lowest BCUT2D eigenvalue weighted by Crippen LogP contribution is -1.82. The quantitative estimate of drug-likeness (QED) is 0.758. The van der Waals surface area contributed by atoms with Crippen molar-refractivity contribution in [3.8, 4) is 5.75 Å². The minimum Gasteiger partial charge on any atom is -0.495 e. The molecule has 1 heterocycles. The molecule has 1 nitrogen and oxygen atoms in total. The van der Waals surface area contributed by atoms with Crippen molar-refractivity contribution in [2.75, 3.05) is 13.4 Å². The third-order valence-corrected chi connectivity index (χ3v) is 4.47. The second kappa shape index (κ2) is 4.13. The molecule has 0 atom stereocenters. The highest BCUT2D eigenvalue weighted by atomic mass is 79.9. The molecule has 0 amide bonds. The van der Waals surface area contributed by atoms with Crippen molar-refractivity contribution >= 4 is 49.1 Å². The molecule has 0 N–H and O–H groups in total. The maximum Gasteiger partial charge on any atom is 0.136 e. The highest BCUT2D eigenvalue weighted by Gasteiger charge is 2.09. The molecule has 0 saturated carbocycles. The molecule has 1 aromatic carbocycles. The summed E-state index contributed by atoms with van der Waals surface area (Å²) in [4.78, 5) is 1.29. The summed E-state index contributed by atoms with van der Waals surface area (Å²) in [7, 11) is 1.71. The van der Waals surface area contributed by atoms with Crippen LogP contribution in [0.25, 0.3) is 10.1 Å². The first-order chi connectivity index (χ1) is 6.76. The second-order valence-corrected chi connectivity index (χ2v) is 6.04. The van der Waals surface area contributed by atoms with E-state index in [4.69, 9.17) is 4.74 Å². The number of halogens is 1. The maximum atomic E-state index is 5.32. The number of hydrogen-bond donors (Lipinski definition) is 0. The lowest BCUT2D eigenvalue weighted by molar-refractivity contribution is 0.420. The SMILES string of the molecule is COc1ccc(SC)c2cc(Br)sc12. The van der Waals surface area contributed by atoms with Crippen LogP contribution in [0, 0.1) is 0 Å². The fourth-order valence-corrected chi connectivity index (χ4v) is 3.65. The van der Waals surface area contributed by atoms with Crippen LogP contribution >= 0.6 is 39.0 Å². The Labute approximate surface area is 99.6 Å². The van der Waals surface area contributed by atoms with Gasteiger partial charge in [0.15, 0.2) is 0 Å². The van der Waals surface area contributed by atoms with Gasteiger partial charge in [-0.2, -0.15) is 0 Å². The molecule has 4 heteroatoms. The molecule has 0 spiro atoms. The molecule has 0 unspecified atom stereocenters. The summed E-state index contributed by atoms with van der Waals surface area (Å²) in [5.74, 6) is 0.952. The van der Waals surface area contributed by atoms with Gasteiger partial charge in [-0.15, -0.1) is 23.1 Å². The first-order valence-corrected chi connectivity index (χ1v) is 6.89. The zero-order valence-corrected chi connectivity index (χ0v) is 11.1. The molecule has 1 aromatic heterocycles. The Hall–Kier alpha value is -0.190. The summed E-state index contributed by atoms with van der Waals surface area (Å²) in [5.41, 5.74) is 0. The molecular formula is C10H9BrOS2. The van der Waals surface area contributed by atoms with E-state index in [1.54, 1.807) is 30.2 Å². The monoisotopic (exact) mass is 288 g/mol. The van der Waals surface area contributed by atoms with Crippen molar-refractivity contribution < 1.29 is 4.74 Å². The molecule has 0 bridgehead atoms. The van der Waals surface area contributed by atoms with Crippen molar-refractivity contribution in [1.29, 1.82) is 0 Å². The highest BCUT2D eigenvalue weighted by molar-refractivity contribution is 9.11. The smallest absolute Gasteiger partial charge is 0.136 e. The number of fused-ring (bicyclic) bond motifs is 1. The Kier molecular flexibility index (Phi) is 3.04. The van der Waals surface area contributed by atoms with Crippen LogP contribution in [0.3, 0.4) is 0 Å². The van der Waals surface area contributed by atoms with Crippen molar-refractivity contribution in [3.05, 3.63) is 22.0 Å². The van der Waals surface area contributed by atoms with Gasteiger partial charge in [0.2, 0.25) is 0 Å². The van der Waals surface area contributed by atoms with Crippen LogP contribution in [-0.4, -0.2) is 13.4 Å². The van der Waals surface area contributed by atoms with Crippen LogP contribution in [0.15, 0.2) is 26.9 Å². The lowest BCUT2D eigenvalue weighted by atomic mass is 10.2. The fourth-order valence-electron chi connectivity index (χ4n) is 1.38. The van der Waals surface area contributed by atoms with E-state index in [9.17, 15) is 0 Å². The van der Waals surface area contributed by atoms with Crippen molar-refractivity contribution in [2.24, 2.45) is 0 Å². The summed E-state index contributed by atoms with van der Waals surface area (Å²) in [6.07, 6.45) is 2.09. The average Bonchev–Trinajstić information content (AvgIpc) is 2.57. The lowest BCUT2D eigenvalue weighted by Gasteiger charge is -2.03. The van der Waals surface area contributed by atoms with Gasteiger partial charge < -0.3 is 4.74 Å². The number of rotatable bonds is 2. The van der Waals surface area contributed by atoms with Crippen LogP contribution in [-0.2, 0) is 0 Å². The van der Waals surface area contributed by atoms with E-state index in [0.29, 0.717) is 0 Å². The maximum absolute atomic E-state index is 5.32. The van der Waals surface area contributed by atoms with E-state index in [2.05, 4.69) is 34.3 Å². The van der Waals surface area contributed by atoms with E-state index in [-0.39, 0.29) is 0 Å². The van der Waals surface area contributed by atoms with Gasteiger partial charge in [0.05, 0.1) is 15.6 Å². The van der Waals surface area contributed by atoms with Gasteiger partial charge in [-0.3, -0.25) is 0 Å². The van der Waals surface area contributed by atoms with E-state index in [1.165, 1.54) is 15.0 Å². The summed E-state index contributed by atoms with van der Waals surface area (Å²) < 4.78 is 7.68. The standard InChI is InChI=1S/C10H9BrOS2/c1-12-7-3-4-8(13-2)6-5-9(11)14-10(6)7/h3-5H,1-2H3. The number of thiophene rings is 1. The molecular weight excluding hydrogens is 280 g/mol. The minimum atomic E-state index is 0.952. The topological polar surface area (TPSA) is 9.23 Å². The van der Waals surface area contributed by atoms with Crippen molar-refractivity contribution in [2.45, 2.75) is 4.90 Å². The number of hydrogen-bond acceptors (Lipinski definition) is 3. The number of methoxy groups -OCH3 is 1. The van der Waals surface area contributed by atoms with Crippen molar-refractivity contribution in [3.63, 3.8) is 0 Å². The molecule has 2 rings (SSSR count). The van der Waals surface area contributed by atoms with Crippen LogP contribution in [0.4, 0.5) is 0 Å². The summed E-state index contributed by atoms with van der Waals surface area (Å²) in [5, 5.41) is 1.27. The van der Waals surface area contributed by atoms with Crippen LogP contribution in [0.1, 0.15) is 0 Å². The van der Waals surface area contributed by atoms with Gasteiger partial charge in [-0.1, -0.05) is 0 Å². The molecule has 0 fully saturated rings. The van der Waals surface area contributed by atoms with Crippen LogP contribution in [0.2, 0.25) is 0 Å². The fraction of sp³-hybridized carbons (Fsp3) is 0.200. The molecule has 0 radical (unpaired) electrons. The molecule has 0 aliphatic carbocycles. The summed E-state index contributed by atoms with van der Waals surface area (Å²) in [6.45, 7) is 0. The van der Waals surface area contributed by atoms with Gasteiger partial charge in [-0.25, -0.2) is 0 Å². The first-order valence-electron chi connectivity index (χ1n) is 4.06. The predicted molar refractivity (Wildman–Crippen MR) is 67.9 cm³/mol. The summed E-state index contributed by atoms with van der Waals surface area (Å²) in [6, 6.07) is 6.27. The average molecular weight is 289 g/mol. The Morgan fingerprint density at radius 3 is 2.86 bits per heavy atom. The molecule has 0 saturated heterocycles. The third-order valence-electron chi connectivity index (χ3n) is 2.02. The third kappa shape index (κ3) is 1.66. The summed E-state index contributed by atoms with van der Waals surface area (Å²) >= 11 is 6.98. The predicted octanol–water partition coefficient (Wildman–Crippen LogP) is 4.39. The van der Waals surface area contributed by atoms with E-state index >= 15 is 0 Å². The molecule has 74 valence electrons. The Balaban J connectivity index is 2.77. The highest BCUT2D eigenvalue weighted by Crippen LogP contribution is 2.40. The zero-order chi connectivity index (χ0) is 10.1. The van der Waals surface area contributed by atoms with Gasteiger partial charge >= 0.3 is 0 Å². The number of benzene rings is 1. The number of thioether (sulfide) groups is 1. The zero-order valence-electron chi connectivity index (χ0n) is 7.83. The van der Waals surface area contributed by atoms with Gasteiger partial charge in [0.1, 0.15) is 5.75 Å². The van der Waals surface area contributed by atoms with Gasteiger partial charge in [0, 0.05) is 10.3 Å². The minimum absolute atomic E-state index is 0.952. The van der Waals surface area contributed by atoms with Gasteiger partial charge in [-0.05, 0) is 40.4 Å². The molecule has 14 heavy (non-hydrogen) atoms. The second-order valence-electron chi connectivity index (χ2n) is 2.76.